The number of nitrogens with zero attached hydrogens (tertiary/aromatic N) is 1. The highest BCUT2D eigenvalue weighted by Gasteiger charge is 2.18. The molecule has 1 aromatic carbocycles. The number of anilines is 1. The van der Waals surface area contributed by atoms with Crippen molar-refractivity contribution in [3.05, 3.63) is 52.7 Å². The van der Waals surface area contributed by atoms with Gasteiger partial charge in [0.2, 0.25) is 5.88 Å². The van der Waals surface area contributed by atoms with E-state index in [0.29, 0.717) is 29.7 Å². The molecule has 1 saturated heterocycles. The van der Waals surface area contributed by atoms with Crippen LogP contribution in [0.1, 0.15) is 28.8 Å². The van der Waals surface area contributed by atoms with Crippen LogP contribution in [0.5, 0.6) is 5.88 Å². The molecule has 1 aliphatic rings. The first-order chi connectivity index (χ1) is 11.6. The summed E-state index contributed by atoms with van der Waals surface area (Å²) in [5, 5.41) is 3.16. The molecule has 1 aromatic heterocycles. The van der Waals surface area contributed by atoms with Crippen LogP contribution in [0.4, 0.5) is 5.69 Å². The molecule has 24 heavy (non-hydrogen) atoms. The molecule has 1 N–H and O–H groups in total. The second-order valence-electron chi connectivity index (χ2n) is 5.76. The van der Waals surface area contributed by atoms with Crippen LogP contribution in [0, 0.1) is 6.92 Å². The summed E-state index contributed by atoms with van der Waals surface area (Å²) < 4.78 is 11.1. The average molecular weight is 347 g/mol. The molecule has 0 atom stereocenters. The molecule has 2 heterocycles. The molecule has 3 rings (SSSR count). The lowest BCUT2D eigenvalue weighted by Crippen LogP contribution is -2.26. The third kappa shape index (κ3) is 4.24. The maximum absolute atomic E-state index is 12.3. The highest BCUT2D eigenvalue weighted by molar-refractivity contribution is 6.32. The SMILES string of the molecule is Cc1cccc(NC(=O)c2cnc(OC3CCOCC3)c(Cl)c2)c1. The highest BCUT2D eigenvalue weighted by Crippen LogP contribution is 2.26. The summed E-state index contributed by atoms with van der Waals surface area (Å²) in [4.78, 5) is 16.5. The average Bonchev–Trinajstić information content (AvgIpc) is 2.57. The Labute approximate surface area is 145 Å². The zero-order valence-corrected chi connectivity index (χ0v) is 14.2. The number of ether oxygens (including phenoxy) is 2. The van der Waals surface area contributed by atoms with E-state index in [2.05, 4.69) is 10.3 Å². The van der Waals surface area contributed by atoms with E-state index in [1.165, 1.54) is 6.20 Å². The second-order valence-corrected chi connectivity index (χ2v) is 6.17. The maximum Gasteiger partial charge on any atom is 0.257 e. The Morgan fingerprint density at radius 3 is 2.83 bits per heavy atom. The van der Waals surface area contributed by atoms with Crippen molar-refractivity contribution in [2.45, 2.75) is 25.9 Å². The van der Waals surface area contributed by atoms with E-state index < -0.39 is 0 Å². The van der Waals surface area contributed by atoms with Gasteiger partial charge in [0, 0.05) is 24.7 Å². The largest absolute Gasteiger partial charge is 0.473 e. The zero-order valence-electron chi connectivity index (χ0n) is 13.4. The summed E-state index contributed by atoms with van der Waals surface area (Å²) in [6, 6.07) is 9.17. The number of hydrogen-bond donors (Lipinski definition) is 1. The van der Waals surface area contributed by atoms with Crippen LogP contribution in [0.15, 0.2) is 36.5 Å². The standard InChI is InChI=1S/C18H19ClN2O3/c1-12-3-2-4-14(9-12)21-17(22)13-10-16(19)18(20-11-13)24-15-5-7-23-8-6-15/h2-4,9-11,15H,5-8H2,1H3,(H,21,22). The Morgan fingerprint density at radius 1 is 1.33 bits per heavy atom. The topological polar surface area (TPSA) is 60.5 Å². The number of nitrogens with one attached hydrogen (secondary N) is 1. The normalized spacial score (nSPS) is 15.1. The molecule has 0 saturated carbocycles. The fourth-order valence-corrected chi connectivity index (χ4v) is 2.72. The number of rotatable bonds is 4. The number of benzene rings is 1. The van der Waals surface area contributed by atoms with E-state index in [-0.39, 0.29) is 12.0 Å². The number of carbonyl (C=O) groups excluding carboxylic acids is 1. The quantitative estimate of drug-likeness (QED) is 0.913. The molecule has 6 heteroatoms. The third-order valence-electron chi connectivity index (χ3n) is 3.79. The monoisotopic (exact) mass is 346 g/mol. The number of amides is 1. The Balaban J connectivity index is 1.68. The molecule has 0 unspecified atom stereocenters. The van der Waals surface area contributed by atoms with Gasteiger partial charge in [-0.3, -0.25) is 4.79 Å². The first-order valence-corrected chi connectivity index (χ1v) is 8.27. The minimum Gasteiger partial charge on any atom is -0.473 e. The van der Waals surface area contributed by atoms with Crippen LogP contribution in [-0.2, 0) is 4.74 Å². The summed E-state index contributed by atoms with van der Waals surface area (Å²) in [6.45, 7) is 3.33. The van der Waals surface area contributed by atoms with Crippen LogP contribution in [0.25, 0.3) is 0 Å². The van der Waals surface area contributed by atoms with Crippen molar-refractivity contribution in [1.29, 1.82) is 0 Å². The van der Waals surface area contributed by atoms with Gasteiger partial charge >= 0.3 is 0 Å². The summed E-state index contributed by atoms with van der Waals surface area (Å²) in [5.41, 5.74) is 2.20. The summed E-state index contributed by atoms with van der Waals surface area (Å²) in [6.07, 6.45) is 3.16. The maximum atomic E-state index is 12.3. The lowest BCUT2D eigenvalue weighted by atomic mass is 10.1. The van der Waals surface area contributed by atoms with Gasteiger partial charge in [-0.25, -0.2) is 4.98 Å². The third-order valence-corrected chi connectivity index (χ3v) is 4.06. The van der Waals surface area contributed by atoms with Crippen LogP contribution < -0.4 is 10.1 Å². The van der Waals surface area contributed by atoms with Gasteiger partial charge in [0.15, 0.2) is 0 Å². The molecule has 0 aliphatic carbocycles. The van der Waals surface area contributed by atoms with E-state index >= 15 is 0 Å². The summed E-state index contributed by atoms with van der Waals surface area (Å²) in [7, 11) is 0. The molecule has 0 spiro atoms. The van der Waals surface area contributed by atoms with Gasteiger partial charge in [-0.15, -0.1) is 0 Å². The predicted molar refractivity (Wildman–Crippen MR) is 92.8 cm³/mol. The van der Waals surface area contributed by atoms with E-state index in [4.69, 9.17) is 21.1 Å². The van der Waals surface area contributed by atoms with E-state index in [1.54, 1.807) is 6.07 Å². The fourth-order valence-electron chi connectivity index (χ4n) is 2.51. The van der Waals surface area contributed by atoms with E-state index in [0.717, 1.165) is 24.1 Å². The predicted octanol–water partition coefficient (Wildman–Crippen LogP) is 3.85. The van der Waals surface area contributed by atoms with Gasteiger partial charge in [-0.05, 0) is 30.7 Å². The molecular formula is C18H19ClN2O3. The first kappa shape index (κ1) is 16.7. The molecule has 1 aliphatic heterocycles. The molecule has 0 radical (unpaired) electrons. The lowest BCUT2D eigenvalue weighted by Gasteiger charge is -2.23. The number of pyridine rings is 1. The minimum atomic E-state index is -0.257. The van der Waals surface area contributed by atoms with E-state index in [9.17, 15) is 4.79 Å². The van der Waals surface area contributed by atoms with E-state index in [1.807, 2.05) is 31.2 Å². The van der Waals surface area contributed by atoms with Gasteiger partial charge < -0.3 is 14.8 Å². The molecule has 1 fully saturated rings. The highest BCUT2D eigenvalue weighted by atomic mass is 35.5. The zero-order chi connectivity index (χ0) is 16.9. The molecule has 126 valence electrons. The number of carbonyl (C=O) groups is 1. The number of halogens is 1. The van der Waals surface area contributed by atoms with Crippen molar-refractivity contribution in [2.24, 2.45) is 0 Å². The van der Waals surface area contributed by atoms with Gasteiger partial charge in [-0.1, -0.05) is 23.7 Å². The van der Waals surface area contributed by atoms with Gasteiger partial charge in [0.25, 0.3) is 5.91 Å². The van der Waals surface area contributed by atoms with Crippen LogP contribution >= 0.6 is 11.6 Å². The first-order valence-electron chi connectivity index (χ1n) is 7.90. The van der Waals surface area contributed by atoms with Crippen molar-refractivity contribution >= 4 is 23.2 Å². The van der Waals surface area contributed by atoms with Gasteiger partial charge in [0.1, 0.15) is 11.1 Å². The Hall–Kier alpha value is -2.11. The van der Waals surface area contributed by atoms with Crippen LogP contribution in [0.3, 0.4) is 0 Å². The van der Waals surface area contributed by atoms with Crippen molar-refractivity contribution in [1.82, 2.24) is 4.98 Å². The van der Waals surface area contributed by atoms with Crippen LogP contribution in [-0.4, -0.2) is 30.2 Å². The van der Waals surface area contributed by atoms with Gasteiger partial charge in [0.05, 0.1) is 18.8 Å². The smallest absolute Gasteiger partial charge is 0.257 e. The summed E-state index contributed by atoms with van der Waals surface area (Å²) >= 11 is 6.22. The molecule has 0 bridgehead atoms. The molecule has 1 amide bonds. The van der Waals surface area contributed by atoms with Gasteiger partial charge in [-0.2, -0.15) is 0 Å². The number of aromatic nitrogens is 1. The molecule has 2 aromatic rings. The molecular weight excluding hydrogens is 328 g/mol. The fraction of sp³-hybridized carbons (Fsp3) is 0.333. The Kier molecular flexibility index (Phi) is 5.33. The number of aryl methyl sites for hydroxylation is 1. The second kappa shape index (κ2) is 7.64. The minimum absolute atomic E-state index is 0.0516. The van der Waals surface area contributed by atoms with Crippen molar-refractivity contribution < 1.29 is 14.3 Å². The van der Waals surface area contributed by atoms with Crippen molar-refractivity contribution in [3.63, 3.8) is 0 Å². The Morgan fingerprint density at radius 2 is 2.12 bits per heavy atom. The Bertz CT molecular complexity index is 730. The summed E-state index contributed by atoms with van der Waals surface area (Å²) in [5.74, 6) is 0.100. The van der Waals surface area contributed by atoms with Crippen molar-refractivity contribution in [2.75, 3.05) is 18.5 Å². The lowest BCUT2D eigenvalue weighted by molar-refractivity contribution is 0.0238. The molecule has 5 nitrogen and oxygen atoms in total. The van der Waals surface area contributed by atoms with Crippen molar-refractivity contribution in [3.8, 4) is 5.88 Å². The van der Waals surface area contributed by atoms with Crippen LogP contribution in [0.2, 0.25) is 5.02 Å². The number of hydrogen-bond acceptors (Lipinski definition) is 4.